The standard InChI is InChI=1S/C37H48N2O6/c1-24(40)44-29-20-28-8-9-30-31(37(28,4)35(21-29)45-25(2)41)11-12-36(3)22-27(18-32(30)36)17-26-7-10-33(34(19-26)42-5)43-16-6-14-39-15-13-38-23-39/h7-8,10,13,15,17,19,23,29-32,35H,6,9,11-12,14,16,18,20-22H2,1-5H3/t29-,30-,31+,32+,35-,36-,37+/m1/s1. The number of rotatable bonds is 9. The van der Waals surface area contributed by atoms with Crippen LogP contribution in [0.3, 0.4) is 0 Å². The minimum absolute atomic E-state index is 0.235. The number of nitrogens with zero attached hydrogens (tertiary/aromatic N) is 2. The van der Waals surface area contributed by atoms with E-state index in [0.717, 1.165) is 68.6 Å². The molecule has 1 aromatic heterocycles. The second-order valence-electron chi connectivity index (χ2n) is 14.2. The number of ether oxygens (including phenoxy) is 4. The third-order valence-corrected chi connectivity index (χ3v) is 11.3. The number of carbonyl (C=O) groups excluding carboxylic acids is 2. The first-order valence-corrected chi connectivity index (χ1v) is 16.6. The van der Waals surface area contributed by atoms with Gasteiger partial charge in [-0.15, -0.1) is 0 Å². The molecule has 3 saturated carbocycles. The number of allylic oxidation sites excluding steroid dienone is 2. The zero-order valence-corrected chi connectivity index (χ0v) is 27.4. The number of fused-ring (bicyclic) bond motifs is 5. The van der Waals surface area contributed by atoms with Gasteiger partial charge in [0, 0.05) is 51.0 Å². The van der Waals surface area contributed by atoms with Crippen molar-refractivity contribution in [3.63, 3.8) is 0 Å². The van der Waals surface area contributed by atoms with E-state index in [1.165, 1.54) is 25.0 Å². The van der Waals surface area contributed by atoms with Crippen molar-refractivity contribution < 1.29 is 28.5 Å². The van der Waals surface area contributed by atoms with Crippen LogP contribution in [0.1, 0.15) is 84.6 Å². The number of benzene rings is 1. The van der Waals surface area contributed by atoms with Gasteiger partial charge in [-0.25, -0.2) is 4.98 Å². The molecule has 7 atom stereocenters. The van der Waals surface area contributed by atoms with Gasteiger partial charge in [-0.2, -0.15) is 0 Å². The highest BCUT2D eigenvalue weighted by Gasteiger charge is 2.60. The molecule has 3 fully saturated rings. The molecule has 1 aromatic carbocycles. The summed E-state index contributed by atoms with van der Waals surface area (Å²) in [5.74, 6) is 2.51. The fraction of sp³-hybridized carbons (Fsp3) is 0.595. The average molecular weight is 617 g/mol. The Bertz CT molecular complexity index is 1460. The highest BCUT2D eigenvalue weighted by atomic mass is 16.6. The normalized spacial score (nSPS) is 33.0. The van der Waals surface area contributed by atoms with E-state index in [0.29, 0.717) is 30.8 Å². The molecule has 0 radical (unpaired) electrons. The first-order valence-electron chi connectivity index (χ1n) is 16.6. The lowest BCUT2D eigenvalue weighted by molar-refractivity contribution is -0.171. The third-order valence-electron chi connectivity index (χ3n) is 11.3. The van der Waals surface area contributed by atoms with E-state index in [1.54, 1.807) is 13.3 Å². The van der Waals surface area contributed by atoms with E-state index in [1.807, 2.05) is 18.6 Å². The zero-order chi connectivity index (χ0) is 31.8. The van der Waals surface area contributed by atoms with Gasteiger partial charge in [0.1, 0.15) is 12.2 Å². The van der Waals surface area contributed by atoms with Gasteiger partial charge in [-0.3, -0.25) is 9.59 Å². The van der Waals surface area contributed by atoms with Crippen molar-refractivity contribution in [2.24, 2.45) is 28.6 Å². The minimum Gasteiger partial charge on any atom is -0.493 e. The predicted molar refractivity (Wildman–Crippen MR) is 172 cm³/mol. The first-order chi connectivity index (χ1) is 21.6. The Labute approximate surface area is 267 Å². The monoisotopic (exact) mass is 616 g/mol. The topological polar surface area (TPSA) is 88.9 Å². The number of hydrogen-bond acceptors (Lipinski definition) is 7. The molecule has 1 heterocycles. The quantitative estimate of drug-likeness (QED) is 0.168. The summed E-state index contributed by atoms with van der Waals surface area (Å²) < 4.78 is 25.5. The fourth-order valence-corrected chi connectivity index (χ4v) is 9.33. The van der Waals surface area contributed by atoms with Crippen LogP contribution in [-0.4, -0.2) is 47.4 Å². The van der Waals surface area contributed by atoms with E-state index in [-0.39, 0.29) is 35.0 Å². The Morgan fingerprint density at radius 3 is 2.64 bits per heavy atom. The van der Waals surface area contributed by atoms with Crippen LogP contribution < -0.4 is 9.47 Å². The number of methoxy groups -OCH3 is 1. The van der Waals surface area contributed by atoms with Crippen molar-refractivity contribution in [3.05, 3.63) is 59.7 Å². The smallest absolute Gasteiger partial charge is 0.302 e. The molecule has 0 N–H and O–H groups in total. The number of imidazole rings is 1. The molecular formula is C37H48N2O6. The van der Waals surface area contributed by atoms with Crippen LogP contribution in [-0.2, 0) is 25.6 Å². The molecule has 6 rings (SSSR count). The molecule has 4 aliphatic rings. The SMILES string of the molecule is COc1cc(C=C2C[C@H]3[C@@H]4CC=C5C[C@@H](OC(C)=O)C[C@@H](OC(C)=O)[C@]5(C)[C@H]4CC[C@]3(C)C2)ccc1OCCCn1ccnc1. The number of aryl methyl sites for hydroxylation is 1. The molecule has 2 aromatic rings. The minimum atomic E-state index is -0.285. The van der Waals surface area contributed by atoms with Crippen molar-refractivity contribution in [2.75, 3.05) is 13.7 Å². The predicted octanol–water partition coefficient (Wildman–Crippen LogP) is 7.18. The molecule has 45 heavy (non-hydrogen) atoms. The van der Waals surface area contributed by atoms with Crippen LogP contribution in [0.25, 0.3) is 6.08 Å². The van der Waals surface area contributed by atoms with Crippen LogP contribution in [0.4, 0.5) is 0 Å². The van der Waals surface area contributed by atoms with Crippen molar-refractivity contribution in [2.45, 2.75) is 97.8 Å². The summed E-state index contributed by atoms with van der Waals surface area (Å²) in [6, 6.07) is 6.25. The summed E-state index contributed by atoms with van der Waals surface area (Å²) in [5, 5.41) is 0. The molecular weight excluding hydrogens is 568 g/mol. The summed E-state index contributed by atoms with van der Waals surface area (Å²) in [4.78, 5) is 28.2. The number of aromatic nitrogens is 2. The average Bonchev–Trinajstić information content (AvgIpc) is 3.63. The Morgan fingerprint density at radius 2 is 1.91 bits per heavy atom. The molecule has 242 valence electrons. The molecule has 0 aliphatic heterocycles. The maximum absolute atomic E-state index is 12.3. The van der Waals surface area contributed by atoms with E-state index < -0.39 is 0 Å². The van der Waals surface area contributed by atoms with Gasteiger partial charge in [0.2, 0.25) is 0 Å². The number of hydrogen-bond donors (Lipinski definition) is 0. The Morgan fingerprint density at radius 1 is 1.09 bits per heavy atom. The molecule has 0 bridgehead atoms. The van der Waals surface area contributed by atoms with Gasteiger partial charge in [-0.05, 0) is 79.4 Å². The van der Waals surface area contributed by atoms with Crippen LogP contribution in [0.2, 0.25) is 0 Å². The van der Waals surface area contributed by atoms with Crippen molar-refractivity contribution >= 4 is 18.0 Å². The maximum atomic E-state index is 12.3. The highest BCUT2D eigenvalue weighted by Crippen LogP contribution is 2.66. The third kappa shape index (κ3) is 6.30. The van der Waals surface area contributed by atoms with Gasteiger partial charge in [-0.1, -0.05) is 43.2 Å². The molecule has 8 nitrogen and oxygen atoms in total. The lowest BCUT2D eigenvalue weighted by atomic mass is 9.47. The summed E-state index contributed by atoms with van der Waals surface area (Å²) in [7, 11) is 1.70. The number of esters is 2. The van der Waals surface area contributed by atoms with Gasteiger partial charge >= 0.3 is 11.9 Å². The van der Waals surface area contributed by atoms with Crippen LogP contribution in [0.5, 0.6) is 11.5 Å². The summed E-state index contributed by atoms with van der Waals surface area (Å²) in [6.45, 7) is 9.22. The Hall–Kier alpha value is -3.55. The van der Waals surface area contributed by atoms with Gasteiger partial charge in [0.25, 0.3) is 0 Å². The summed E-state index contributed by atoms with van der Waals surface area (Å²) in [6.07, 6.45) is 17.5. The van der Waals surface area contributed by atoms with Gasteiger partial charge in [0.15, 0.2) is 11.5 Å². The van der Waals surface area contributed by atoms with Crippen molar-refractivity contribution in [3.8, 4) is 11.5 Å². The maximum Gasteiger partial charge on any atom is 0.302 e. The van der Waals surface area contributed by atoms with Crippen molar-refractivity contribution in [1.29, 1.82) is 0 Å². The molecule has 4 aliphatic carbocycles. The molecule has 0 amide bonds. The Balaban J connectivity index is 1.17. The van der Waals surface area contributed by atoms with Crippen LogP contribution in [0, 0.1) is 28.6 Å². The highest BCUT2D eigenvalue weighted by molar-refractivity contribution is 5.67. The van der Waals surface area contributed by atoms with Gasteiger partial charge < -0.3 is 23.5 Å². The Kier molecular flexibility index (Phi) is 8.86. The molecule has 0 saturated heterocycles. The van der Waals surface area contributed by atoms with E-state index in [2.05, 4.69) is 47.7 Å². The van der Waals surface area contributed by atoms with E-state index >= 15 is 0 Å². The zero-order valence-electron chi connectivity index (χ0n) is 27.4. The fourth-order valence-electron chi connectivity index (χ4n) is 9.33. The van der Waals surface area contributed by atoms with Crippen LogP contribution >= 0.6 is 0 Å². The van der Waals surface area contributed by atoms with Gasteiger partial charge in [0.05, 0.1) is 20.0 Å². The van der Waals surface area contributed by atoms with Crippen molar-refractivity contribution in [1.82, 2.24) is 9.55 Å². The van der Waals surface area contributed by atoms with E-state index in [4.69, 9.17) is 18.9 Å². The lowest BCUT2D eigenvalue weighted by Gasteiger charge is -2.59. The molecule has 0 unspecified atom stereocenters. The molecule has 0 spiro atoms. The largest absolute Gasteiger partial charge is 0.493 e. The lowest BCUT2D eigenvalue weighted by Crippen LogP contribution is -2.56. The summed E-state index contributed by atoms with van der Waals surface area (Å²) >= 11 is 0. The molecule has 8 heteroatoms. The van der Waals surface area contributed by atoms with E-state index in [9.17, 15) is 9.59 Å². The second-order valence-corrected chi connectivity index (χ2v) is 14.2. The summed E-state index contributed by atoms with van der Waals surface area (Å²) in [5.41, 5.74) is 3.96. The number of carbonyl (C=O) groups is 2. The first kappa shape index (κ1) is 31.4. The second kappa shape index (κ2) is 12.7. The van der Waals surface area contributed by atoms with Crippen LogP contribution in [0.15, 0.2) is 54.1 Å².